The van der Waals surface area contributed by atoms with E-state index < -0.39 is 12.1 Å². The molecule has 0 heterocycles. The third-order valence-corrected chi connectivity index (χ3v) is 3.76. The molecule has 0 spiro atoms. The molecule has 0 atom stereocenters. The highest BCUT2D eigenvalue weighted by molar-refractivity contribution is 5.92. The first kappa shape index (κ1) is 21.8. The number of carbonyl (C=O) groups is 2. The van der Waals surface area contributed by atoms with Crippen LogP contribution in [0.15, 0.2) is 24.3 Å². The number of unbranched alkanes of at least 4 members (excludes halogenated alkanes) is 7. The Labute approximate surface area is 154 Å². The Morgan fingerprint density at radius 2 is 1.54 bits per heavy atom. The van der Waals surface area contributed by atoms with Gasteiger partial charge >= 0.3 is 12.1 Å². The van der Waals surface area contributed by atoms with E-state index in [4.69, 9.17) is 9.47 Å². The fraction of sp³-hybridized carbons (Fsp3) is 0.579. The van der Waals surface area contributed by atoms with Crippen LogP contribution in [0.2, 0.25) is 0 Å². The summed E-state index contributed by atoms with van der Waals surface area (Å²) in [5, 5.41) is 4.16. The van der Waals surface area contributed by atoms with Crippen molar-refractivity contribution in [2.75, 3.05) is 13.7 Å². The second kappa shape index (κ2) is 13.9. The summed E-state index contributed by atoms with van der Waals surface area (Å²) in [5.41, 5.74) is 0.144. The summed E-state index contributed by atoms with van der Waals surface area (Å²) in [6, 6.07) is 6.42. The average molecular weight is 368 g/mol. The molecule has 0 aliphatic carbocycles. The van der Waals surface area contributed by atoms with Crippen LogP contribution in [0.1, 0.15) is 68.6 Å². The van der Waals surface area contributed by atoms with E-state index in [9.17, 15) is 9.59 Å². The summed E-state index contributed by atoms with van der Waals surface area (Å²) in [4.78, 5) is 31.7. The van der Waals surface area contributed by atoms with Crippen LogP contribution in [0.5, 0.6) is 5.75 Å². The molecule has 0 fully saturated rings. The summed E-state index contributed by atoms with van der Waals surface area (Å²) < 4.78 is 9.84. The van der Waals surface area contributed by atoms with Crippen LogP contribution in [0.3, 0.4) is 0 Å². The number of hydrogen-bond donors (Lipinski definition) is 0. The smallest absolute Gasteiger partial charge is 0.496 e. The Kier molecular flexibility index (Phi) is 11.7. The first-order valence-electron chi connectivity index (χ1n) is 9.04. The molecule has 0 N–H and O–H groups in total. The van der Waals surface area contributed by atoms with Crippen LogP contribution >= 0.6 is 0 Å². The maximum absolute atomic E-state index is 11.8. The monoisotopic (exact) mass is 368 g/mol. The molecular weight excluding hydrogens is 340 g/mol. The first-order chi connectivity index (χ1) is 12.7. The van der Waals surface area contributed by atoms with Crippen molar-refractivity contribution in [2.24, 2.45) is 0 Å². The molecule has 0 aliphatic rings. The summed E-state index contributed by atoms with van der Waals surface area (Å²) in [6.45, 7) is 2.43. The topological polar surface area (TPSA) is 80.3 Å². The minimum atomic E-state index is -1.05. The summed E-state index contributed by atoms with van der Waals surface area (Å²) >= 11 is 0. The highest BCUT2D eigenvalue weighted by Crippen LogP contribution is 2.18. The lowest BCUT2D eigenvalue weighted by atomic mass is 10.1. The minimum Gasteiger partial charge on any atom is -0.496 e. The molecule has 1 aromatic carbocycles. The van der Waals surface area contributed by atoms with Crippen LogP contribution in [0, 0.1) is 0 Å². The third-order valence-electron chi connectivity index (χ3n) is 3.76. The normalized spacial score (nSPS) is 10.2. The molecule has 146 valence electrons. The standard InChI is InChI=1S/C19H28O7/c1-3-4-5-6-7-8-9-12-15-23-19(21)25-26-24-18(20)16-13-10-11-14-17(16)22-2/h10-11,13-14H,3-9,12,15H2,1-2H3. The Hall–Kier alpha value is -2.28. The molecular formula is C19H28O7. The second-order valence-corrected chi connectivity index (χ2v) is 5.80. The Morgan fingerprint density at radius 1 is 0.885 bits per heavy atom. The maximum Gasteiger partial charge on any atom is 0.543 e. The summed E-state index contributed by atoms with van der Waals surface area (Å²) in [7, 11) is 1.42. The minimum absolute atomic E-state index is 0.144. The van der Waals surface area contributed by atoms with Crippen molar-refractivity contribution in [3.8, 4) is 5.75 Å². The van der Waals surface area contributed by atoms with Gasteiger partial charge in [0.1, 0.15) is 11.3 Å². The van der Waals surface area contributed by atoms with Crippen molar-refractivity contribution in [1.82, 2.24) is 0 Å². The molecule has 0 aliphatic heterocycles. The molecule has 1 aromatic rings. The molecule has 0 radical (unpaired) electrons. The zero-order valence-electron chi connectivity index (χ0n) is 15.5. The van der Waals surface area contributed by atoms with Gasteiger partial charge in [0, 0.05) is 0 Å². The SMILES string of the molecule is CCCCCCCCCCOC(=O)OOOC(=O)c1ccccc1OC. The van der Waals surface area contributed by atoms with E-state index in [1.54, 1.807) is 18.2 Å². The van der Waals surface area contributed by atoms with Crippen molar-refractivity contribution in [1.29, 1.82) is 0 Å². The quantitative estimate of drug-likeness (QED) is 0.210. The highest BCUT2D eigenvalue weighted by Gasteiger charge is 2.16. The highest BCUT2D eigenvalue weighted by atomic mass is 17.5. The number of hydrogen-bond acceptors (Lipinski definition) is 7. The molecule has 26 heavy (non-hydrogen) atoms. The molecule has 0 saturated carbocycles. The van der Waals surface area contributed by atoms with E-state index >= 15 is 0 Å². The fourth-order valence-electron chi connectivity index (χ4n) is 2.35. The van der Waals surface area contributed by atoms with E-state index in [-0.39, 0.29) is 12.2 Å². The fourth-order valence-corrected chi connectivity index (χ4v) is 2.35. The summed E-state index contributed by atoms with van der Waals surface area (Å²) in [5.74, 6) is -0.531. The number of para-hydroxylation sites is 1. The summed E-state index contributed by atoms with van der Waals surface area (Å²) in [6.07, 6.45) is 8.07. The number of methoxy groups -OCH3 is 1. The predicted molar refractivity (Wildman–Crippen MR) is 94.5 cm³/mol. The van der Waals surface area contributed by atoms with Gasteiger partial charge in [-0.05, 0) is 18.6 Å². The number of ether oxygens (including phenoxy) is 2. The van der Waals surface area contributed by atoms with Crippen molar-refractivity contribution in [3.63, 3.8) is 0 Å². The Morgan fingerprint density at radius 3 is 2.23 bits per heavy atom. The molecule has 0 amide bonds. The van der Waals surface area contributed by atoms with Crippen molar-refractivity contribution >= 4 is 12.1 Å². The van der Waals surface area contributed by atoms with E-state index in [0.717, 1.165) is 19.3 Å². The van der Waals surface area contributed by atoms with Gasteiger partial charge in [0.05, 0.1) is 18.8 Å². The molecule has 0 bridgehead atoms. The first-order valence-corrected chi connectivity index (χ1v) is 9.04. The van der Waals surface area contributed by atoms with Gasteiger partial charge in [-0.3, -0.25) is 4.89 Å². The third kappa shape index (κ3) is 9.27. The number of carbonyl (C=O) groups excluding carboxylic acids is 2. The van der Waals surface area contributed by atoms with E-state index in [2.05, 4.69) is 21.7 Å². The van der Waals surface area contributed by atoms with Crippen LogP contribution in [0.25, 0.3) is 0 Å². The lowest BCUT2D eigenvalue weighted by Gasteiger charge is -2.06. The van der Waals surface area contributed by atoms with E-state index in [1.165, 1.54) is 45.3 Å². The zero-order chi connectivity index (χ0) is 19.0. The van der Waals surface area contributed by atoms with Crippen molar-refractivity contribution < 1.29 is 33.9 Å². The van der Waals surface area contributed by atoms with E-state index in [0.29, 0.717) is 5.75 Å². The van der Waals surface area contributed by atoms with E-state index in [1.807, 2.05) is 0 Å². The van der Waals surface area contributed by atoms with Crippen LogP contribution in [-0.2, 0) is 19.6 Å². The van der Waals surface area contributed by atoms with Crippen LogP contribution in [-0.4, -0.2) is 25.8 Å². The van der Waals surface area contributed by atoms with Gasteiger partial charge in [0.15, 0.2) is 0 Å². The lowest BCUT2D eigenvalue weighted by Crippen LogP contribution is -2.13. The predicted octanol–water partition coefficient (Wildman–Crippen LogP) is 4.99. The Bertz CT molecular complexity index is 530. The molecule has 7 nitrogen and oxygen atoms in total. The number of benzene rings is 1. The zero-order valence-corrected chi connectivity index (χ0v) is 15.5. The van der Waals surface area contributed by atoms with Crippen molar-refractivity contribution in [2.45, 2.75) is 58.3 Å². The molecule has 1 rings (SSSR count). The van der Waals surface area contributed by atoms with Crippen LogP contribution < -0.4 is 4.74 Å². The molecule has 0 unspecified atom stereocenters. The van der Waals surface area contributed by atoms with Gasteiger partial charge in [-0.1, -0.05) is 64.0 Å². The van der Waals surface area contributed by atoms with Gasteiger partial charge in [0.25, 0.3) is 0 Å². The van der Waals surface area contributed by atoms with Crippen molar-refractivity contribution in [3.05, 3.63) is 29.8 Å². The average Bonchev–Trinajstić information content (AvgIpc) is 2.66. The molecule has 0 aromatic heterocycles. The largest absolute Gasteiger partial charge is 0.543 e. The second-order valence-electron chi connectivity index (χ2n) is 5.80. The van der Waals surface area contributed by atoms with Gasteiger partial charge in [-0.15, -0.1) is 0 Å². The van der Waals surface area contributed by atoms with Gasteiger partial charge in [-0.25, -0.2) is 14.5 Å². The molecule has 7 heteroatoms. The maximum atomic E-state index is 11.8. The van der Waals surface area contributed by atoms with Gasteiger partial charge < -0.3 is 9.47 Å². The number of rotatable bonds is 13. The lowest BCUT2D eigenvalue weighted by molar-refractivity contribution is -0.452. The Balaban J connectivity index is 2.05. The van der Waals surface area contributed by atoms with Crippen LogP contribution in [0.4, 0.5) is 4.79 Å². The molecule has 0 saturated heterocycles. The van der Waals surface area contributed by atoms with Gasteiger partial charge in [0.2, 0.25) is 0 Å². The van der Waals surface area contributed by atoms with Gasteiger partial charge in [-0.2, -0.15) is 0 Å².